The van der Waals surface area contributed by atoms with E-state index in [-0.39, 0.29) is 0 Å². The molecule has 0 aliphatic heterocycles. The van der Waals surface area contributed by atoms with Crippen molar-refractivity contribution >= 4 is 7.14 Å². The van der Waals surface area contributed by atoms with Crippen molar-refractivity contribution in [3.05, 3.63) is 0 Å². The fraction of sp³-hybridized carbons (Fsp3) is 1.00. The zero-order chi connectivity index (χ0) is 8.74. The lowest BCUT2D eigenvalue weighted by atomic mass is 10.4. The van der Waals surface area contributed by atoms with E-state index in [0.29, 0.717) is 0 Å². The van der Waals surface area contributed by atoms with Gasteiger partial charge in [0, 0.05) is 12.3 Å². The fourth-order valence-corrected chi connectivity index (χ4v) is 3.29. The van der Waals surface area contributed by atoms with Crippen LogP contribution in [0.25, 0.3) is 0 Å². The molecular weight excluding hydrogens is 155 g/mol. The van der Waals surface area contributed by atoms with Crippen LogP contribution in [-0.4, -0.2) is 19.0 Å². The first-order valence-electron chi connectivity index (χ1n) is 4.68. The summed E-state index contributed by atoms with van der Waals surface area (Å²) in [5, 5.41) is 0. The van der Waals surface area contributed by atoms with Crippen LogP contribution in [0.3, 0.4) is 0 Å². The van der Waals surface area contributed by atoms with Crippen molar-refractivity contribution in [2.45, 2.75) is 39.5 Å². The Bertz CT molecular complexity index is 120. The third kappa shape index (κ3) is 6.62. The Hall–Kier alpha value is 0.230. The largest absolute Gasteiger partial charge is 0.324 e. The maximum absolute atomic E-state index is 11.7. The van der Waals surface area contributed by atoms with Gasteiger partial charge in [0.05, 0.1) is 7.14 Å². The molecule has 0 amide bonds. The second-order valence-corrected chi connectivity index (χ2v) is 6.94. The molecule has 0 aromatic rings. The normalized spacial score (nSPS) is 11.9. The summed E-state index contributed by atoms with van der Waals surface area (Å²) in [4.78, 5) is 0. The number of unbranched alkanes of at least 4 members (excludes halogenated alkanes) is 2. The molecule has 0 spiro atoms. The lowest BCUT2D eigenvalue weighted by Gasteiger charge is -2.10. The lowest BCUT2D eigenvalue weighted by Crippen LogP contribution is -1.93. The van der Waals surface area contributed by atoms with E-state index >= 15 is 0 Å². The molecule has 0 aliphatic carbocycles. The van der Waals surface area contributed by atoms with Crippen LogP contribution in [0.2, 0.25) is 0 Å². The number of hydrogen-bond donors (Lipinski definition) is 0. The topological polar surface area (TPSA) is 17.1 Å². The van der Waals surface area contributed by atoms with Gasteiger partial charge in [0.25, 0.3) is 0 Å². The first-order valence-corrected chi connectivity index (χ1v) is 7.20. The molecule has 0 aromatic heterocycles. The molecule has 0 atom stereocenters. The molecule has 0 bridgehead atoms. The number of rotatable bonds is 6. The van der Waals surface area contributed by atoms with Crippen LogP contribution in [0.1, 0.15) is 39.5 Å². The van der Waals surface area contributed by atoms with Gasteiger partial charge in [-0.3, -0.25) is 0 Å². The molecule has 0 aromatic carbocycles. The average Bonchev–Trinajstić information content (AvgIpc) is 1.97. The predicted molar refractivity (Wildman–Crippen MR) is 53.1 cm³/mol. The van der Waals surface area contributed by atoms with Gasteiger partial charge in [0.2, 0.25) is 0 Å². The Morgan fingerprint density at radius 2 is 1.36 bits per heavy atom. The van der Waals surface area contributed by atoms with E-state index < -0.39 is 7.14 Å². The average molecular weight is 176 g/mol. The monoisotopic (exact) mass is 176 g/mol. The van der Waals surface area contributed by atoms with E-state index in [2.05, 4.69) is 13.8 Å². The van der Waals surface area contributed by atoms with Crippen molar-refractivity contribution in [3.8, 4) is 0 Å². The van der Waals surface area contributed by atoms with Crippen molar-refractivity contribution in [1.82, 2.24) is 0 Å². The van der Waals surface area contributed by atoms with Crippen molar-refractivity contribution in [3.63, 3.8) is 0 Å². The minimum atomic E-state index is -1.73. The van der Waals surface area contributed by atoms with E-state index in [1.807, 2.05) is 6.66 Å². The van der Waals surface area contributed by atoms with Gasteiger partial charge in [-0.2, -0.15) is 0 Å². The summed E-state index contributed by atoms with van der Waals surface area (Å²) in [6, 6.07) is 0. The SMILES string of the molecule is CCCCP(C)(=O)CCCC. The molecule has 0 rings (SSSR count). The molecule has 0 unspecified atom stereocenters. The molecule has 0 aliphatic rings. The van der Waals surface area contributed by atoms with Crippen LogP contribution in [-0.2, 0) is 4.57 Å². The fourth-order valence-electron chi connectivity index (χ4n) is 1.10. The second-order valence-electron chi connectivity index (χ2n) is 3.45. The van der Waals surface area contributed by atoms with Crippen LogP contribution < -0.4 is 0 Å². The summed E-state index contributed by atoms with van der Waals surface area (Å²) in [5.41, 5.74) is 0. The third-order valence-corrected chi connectivity index (χ3v) is 4.49. The van der Waals surface area contributed by atoms with Gasteiger partial charge >= 0.3 is 0 Å². The summed E-state index contributed by atoms with van der Waals surface area (Å²) in [5.74, 6) is 0. The van der Waals surface area contributed by atoms with Crippen molar-refractivity contribution in [2.24, 2.45) is 0 Å². The highest BCUT2D eigenvalue weighted by Crippen LogP contribution is 2.42. The molecular formula is C9H21OP. The maximum Gasteiger partial charge on any atom is 0.0848 e. The molecule has 0 fully saturated rings. The first kappa shape index (κ1) is 11.2. The van der Waals surface area contributed by atoms with E-state index in [4.69, 9.17) is 0 Å². The van der Waals surface area contributed by atoms with Gasteiger partial charge in [-0.15, -0.1) is 0 Å². The third-order valence-electron chi connectivity index (χ3n) is 1.97. The van der Waals surface area contributed by atoms with Crippen LogP contribution in [0.15, 0.2) is 0 Å². The zero-order valence-electron chi connectivity index (χ0n) is 8.10. The number of hydrogen-bond acceptors (Lipinski definition) is 1. The van der Waals surface area contributed by atoms with Crippen LogP contribution >= 0.6 is 7.14 Å². The highest BCUT2D eigenvalue weighted by molar-refractivity contribution is 7.63. The molecule has 68 valence electrons. The van der Waals surface area contributed by atoms with E-state index in [1.54, 1.807) is 0 Å². The van der Waals surface area contributed by atoms with E-state index in [9.17, 15) is 4.57 Å². The standard InChI is InChI=1S/C9H21OP/c1-4-6-8-11(3,10)9-7-5-2/h4-9H2,1-3H3. The summed E-state index contributed by atoms with van der Waals surface area (Å²) in [7, 11) is -1.73. The molecule has 0 N–H and O–H groups in total. The molecule has 0 saturated carbocycles. The van der Waals surface area contributed by atoms with Crippen LogP contribution in [0, 0.1) is 0 Å². The van der Waals surface area contributed by atoms with E-state index in [1.165, 1.54) is 12.8 Å². The van der Waals surface area contributed by atoms with Gasteiger partial charge < -0.3 is 4.57 Å². The maximum atomic E-state index is 11.7. The minimum absolute atomic E-state index is 0.962. The van der Waals surface area contributed by atoms with Gasteiger partial charge in [-0.05, 0) is 19.5 Å². The Kier molecular flexibility index (Phi) is 5.95. The Morgan fingerprint density at radius 1 is 1.00 bits per heavy atom. The molecule has 0 radical (unpaired) electrons. The molecule has 2 heteroatoms. The lowest BCUT2D eigenvalue weighted by molar-refractivity contribution is 0.574. The zero-order valence-corrected chi connectivity index (χ0v) is 8.99. The molecule has 11 heavy (non-hydrogen) atoms. The van der Waals surface area contributed by atoms with Crippen molar-refractivity contribution in [2.75, 3.05) is 19.0 Å². The predicted octanol–water partition coefficient (Wildman–Crippen LogP) is 3.58. The summed E-state index contributed by atoms with van der Waals surface area (Å²) in [6.07, 6.45) is 6.54. The molecule has 1 nitrogen and oxygen atoms in total. The van der Waals surface area contributed by atoms with Crippen LogP contribution in [0.4, 0.5) is 0 Å². The van der Waals surface area contributed by atoms with E-state index in [0.717, 1.165) is 25.2 Å². The Balaban J connectivity index is 3.53. The van der Waals surface area contributed by atoms with Gasteiger partial charge in [-0.1, -0.05) is 26.7 Å². The molecule has 0 heterocycles. The van der Waals surface area contributed by atoms with Gasteiger partial charge in [-0.25, -0.2) is 0 Å². The van der Waals surface area contributed by atoms with Gasteiger partial charge in [0.1, 0.15) is 0 Å². The Morgan fingerprint density at radius 3 is 1.64 bits per heavy atom. The van der Waals surface area contributed by atoms with Crippen molar-refractivity contribution in [1.29, 1.82) is 0 Å². The summed E-state index contributed by atoms with van der Waals surface area (Å²) >= 11 is 0. The first-order chi connectivity index (χ1) is 5.12. The van der Waals surface area contributed by atoms with Crippen molar-refractivity contribution < 1.29 is 4.57 Å². The highest BCUT2D eigenvalue weighted by Gasteiger charge is 2.12. The van der Waals surface area contributed by atoms with Gasteiger partial charge in [0.15, 0.2) is 0 Å². The minimum Gasteiger partial charge on any atom is -0.324 e. The smallest absolute Gasteiger partial charge is 0.0848 e. The molecule has 0 saturated heterocycles. The van der Waals surface area contributed by atoms with Crippen LogP contribution in [0.5, 0.6) is 0 Å². The summed E-state index contributed by atoms with van der Waals surface area (Å²) < 4.78 is 11.7. The second kappa shape index (κ2) is 5.83. The summed E-state index contributed by atoms with van der Waals surface area (Å²) in [6.45, 7) is 6.26. The quantitative estimate of drug-likeness (QED) is 0.565. The highest BCUT2D eigenvalue weighted by atomic mass is 31.2. The Labute approximate surface area is 70.9 Å².